The SMILES string of the molecule is CC(OC(=O)c1ccc(-c2ccc3c(c2)OCCO3)s1)c1nnc(-c2ccccc2)o1. The second-order valence-electron chi connectivity index (χ2n) is 6.88. The Labute approximate surface area is 182 Å². The van der Waals surface area contributed by atoms with Crippen molar-refractivity contribution in [2.45, 2.75) is 13.0 Å². The van der Waals surface area contributed by atoms with Crippen molar-refractivity contribution in [2.75, 3.05) is 13.2 Å². The lowest BCUT2D eigenvalue weighted by atomic mass is 10.1. The van der Waals surface area contributed by atoms with Gasteiger partial charge in [-0.3, -0.25) is 0 Å². The average molecular weight is 434 g/mol. The van der Waals surface area contributed by atoms with E-state index < -0.39 is 12.1 Å². The molecule has 31 heavy (non-hydrogen) atoms. The maximum absolute atomic E-state index is 12.6. The molecule has 0 saturated carbocycles. The summed E-state index contributed by atoms with van der Waals surface area (Å²) in [5.41, 5.74) is 1.76. The fourth-order valence-corrected chi connectivity index (χ4v) is 4.05. The molecule has 2 aromatic heterocycles. The molecule has 0 aliphatic carbocycles. The zero-order valence-corrected chi connectivity index (χ0v) is 17.4. The number of hydrogen-bond acceptors (Lipinski definition) is 8. The smallest absolute Gasteiger partial charge is 0.349 e. The average Bonchev–Trinajstić information content (AvgIpc) is 3.50. The summed E-state index contributed by atoms with van der Waals surface area (Å²) in [6.45, 7) is 2.78. The van der Waals surface area contributed by atoms with Gasteiger partial charge < -0.3 is 18.6 Å². The zero-order valence-electron chi connectivity index (χ0n) is 16.6. The summed E-state index contributed by atoms with van der Waals surface area (Å²) in [5.74, 6) is 1.63. The summed E-state index contributed by atoms with van der Waals surface area (Å²) in [6, 6.07) is 18.8. The molecule has 1 aliphatic heterocycles. The molecule has 1 aliphatic rings. The van der Waals surface area contributed by atoms with Crippen LogP contribution in [0.25, 0.3) is 21.9 Å². The number of esters is 1. The molecule has 0 fully saturated rings. The van der Waals surface area contributed by atoms with Gasteiger partial charge in [-0.05, 0) is 55.0 Å². The van der Waals surface area contributed by atoms with Crippen LogP contribution < -0.4 is 9.47 Å². The van der Waals surface area contributed by atoms with Gasteiger partial charge in [-0.2, -0.15) is 0 Å². The molecule has 7 nitrogen and oxygen atoms in total. The van der Waals surface area contributed by atoms with Gasteiger partial charge in [0.25, 0.3) is 5.89 Å². The topological polar surface area (TPSA) is 83.7 Å². The summed E-state index contributed by atoms with van der Waals surface area (Å²) in [5, 5.41) is 8.06. The van der Waals surface area contributed by atoms with Gasteiger partial charge in [0.15, 0.2) is 17.6 Å². The first-order chi connectivity index (χ1) is 15.2. The monoisotopic (exact) mass is 434 g/mol. The third kappa shape index (κ3) is 4.02. The molecule has 0 radical (unpaired) electrons. The predicted molar refractivity (Wildman–Crippen MR) is 114 cm³/mol. The van der Waals surface area contributed by atoms with E-state index in [-0.39, 0.29) is 5.89 Å². The molecule has 0 spiro atoms. The number of fused-ring (bicyclic) bond motifs is 1. The van der Waals surface area contributed by atoms with Crippen molar-refractivity contribution < 1.29 is 23.4 Å². The van der Waals surface area contributed by atoms with Crippen molar-refractivity contribution in [1.82, 2.24) is 10.2 Å². The Bertz CT molecular complexity index is 1220. The van der Waals surface area contributed by atoms with E-state index in [1.54, 1.807) is 13.0 Å². The highest BCUT2D eigenvalue weighted by atomic mass is 32.1. The van der Waals surface area contributed by atoms with Crippen molar-refractivity contribution in [1.29, 1.82) is 0 Å². The van der Waals surface area contributed by atoms with Crippen molar-refractivity contribution in [2.24, 2.45) is 0 Å². The molecule has 5 rings (SSSR count). The molecule has 0 N–H and O–H groups in total. The second kappa shape index (κ2) is 8.23. The Morgan fingerprint density at radius 2 is 1.77 bits per heavy atom. The first-order valence-electron chi connectivity index (χ1n) is 9.77. The van der Waals surface area contributed by atoms with Gasteiger partial charge in [0.05, 0.1) is 0 Å². The summed E-state index contributed by atoms with van der Waals surface area (Å²) in [4.78, 5) is 14.1. The van der Waals surface area contributed by atoms with Crippen LogP contribution in [0.3, 0.4) is 0 Å². The lowest BCUT2D eigenvalue weighted by molar-refractivity contribution is 0.0285. The summed E-state index contributed by atoms with van der Waals surface area (Å²) >= 11 is 1.35. The molecule has 1 atom stereocenters. The Kier molecular flexibility index (Phi) is 5.13. The van der Waals surface area contributed by atoms with E-state index in [4.69, 9.17) is 18.6 Å². The molecule has 8 heteroatoms. The quantitative estimate of drug-likeness (QED) is 0.402. The number of nitrogens with zero attached hydrogens (tertiary/aromatic N) is 2. The maximum atomic E-state index is 12.6. The van der Waals surface area contributed by atoms with E-state index in [0.717, 1.165) is 21.8 Å². The number of carbonyl (C=O) groups excluding carboxylic acids is 1. The fraction of sp³-hybridized carbons (Fsp3) is 0.174. The Morgan fingerprint density at radius 3 is 2.61 bits per heavy atom. The molecule has 2 aromatic carbocycles. The number of rotatable bonds is 5. The third-order valence-corrected chi connectivity index (χ3v) is 5.84. The van der Waals surface area contributed by atoms with Crippen molar-refractivity contribution in [3.05, 3.63) is 71.4 Å². The van der Waals surface area contributed by atoms with Gasteiger partial charge >= 0.3 is 5.97 Å². The lowest BCUT2D eigenvalue weighted by Gasteiger charge is -2.18. The third-order valence-electron chi connectivity index (χ3n) is 4.73. The minimum Gasteiger partial charge on any atom is -0.486 e. The normalized spacial score (nSPS) is 13.6. The van der Waals surface area contributed by atoms with Gasteiger partial charge in [-0.15, -0.1) is 21.5 Å². The van der Waals surface area contributed by atoms with Crippen LogP contribution in [-0.4, -0.2) is 29.4 Å². The molecule has 0 amide bonds. The Balaban J connectivity index is 1.28. The van der Waals surface area contributed by atoms with Crippen molar-refractivity contribution in [3.8, 4) is 33.4 Å². The molecule has 1 unspecified atom stereocenters. The predicted octanol–water partition coefficient (Wildman–Crippen LogP) is 5.15. The van der Waals surface area contributed by atoms with Gasteiger partial charge in [0, 0.05) is 10.4 Å². The summed E-state index contributed by atoms with van der Waals surface area (Å²) in [6.07, 6.45) is -0.669. The van der Waals surface area contributed by atoms with Crippen molar-refractivity contribution >= 4 is 17.3 Å². The molecule has 0 bridgehead atoms. The molecular formula is C23H18N2O5S. The molecule has 3 heterocycles. The first kappa shape index (κ1) is 19.3. The molecule has 4 aromatic rings. The minimum atomic E-state index is -0.669. The van der Waals surface area contributed by atoms with E-state index in [9.17, 15) is 4.79 Å². The van der Waals surface area contributed by atoms with Gasteiger partial charge in [-0.25, -0.2) is 4.79 Å². The number of carbonyl (C=O) groups is 1. The van der Waals surface area contributed by atoms with E-state index in [0.29, 0.717) is 29.7 Å². The number of hydrogen-bond donors (Lipinski definition) is 0. The van der Waals surface area contributed by atoms with Gasteiger partial charge in [-0.1, -0.05) is 18.2 Å². The Hall–Kier alpha value is -3.65. The Morgan fingerprint density at radius 1 is 0.968 bits per heavy atom. The zero-order chi connectivity index (χ0) is 21.2. The van der Waals surface area contributed by atoms with E-state index >= 15 is 0 Å². The van der Waals surface area contributed by atoms with Crippen LogP contribution >= 0.6 is 11.3 Å². The standard InChI is InChI=1S/C23H18N2O5S/c1-14(21-24-25-22(30-21)15-5-3-2-4-6-15)29-23(26)20-10-9-19(31-20)16-7-8-17-18(13-16)28-12-11-27-17/h2-10,13-14H,11-12H2,1H3. The lowest BCUT2D eigenvalue weighted by Crippen LogP contribution is -2.15. The number of benzene rings is 2. The first-order valence-corrected chi connectivity index (χ1v) is 10.6. The van der Waals surface area contributed by atoms with Crippen LogP contribution in [0.15, 0.2) is 65.1 Å². The van der Waals surface area contributed by atoms with Crippen LogP contribution in [0.4, 0.5) is 0 Å². The van der Waals surface area contributed by atoms with Crippen molar-refractivity contribution in [3.63, 3.8) is 0 Å². The molecule has 0 saturated heterocycles. The van der Waals surface area contributed by atoms with Crippen LogP contribution in [0.2, 0.25) is 0 Å². The number of thiophene rings is 1. The highest BCUT2D eigenvalue weighted by Gasteiger charge is 2.21. The van der Waals surface area contributed by atoms with E-state index in [1.807, 2.05) is 54.6 Å². The number of ether oxygens (including phenoxy) is 3. The summed E-state index contributed by atoms with van der Waals surface area (Å²) < 4.78 is 22.4. The number of aromatic nitrogens is 2. The highest BCUT2D eigenvalue weighted by molar-refractivity contribution is 7.17. The largest absolute Gasteiger partial charge is 0.486 e. The van der Waals surface area contributed by atoms with Crippen LogP contribution in [0.5, 0.6) is 11.5 Å². The van der Waals surface area contributed by atoms with Gasteiger partial charge in [0.1, 0.15) is 18.1 Å². The molecular weight excluding hydrogens is 416 g/mol. The summed E-state index contributed by atoms with van der Waals surface area (Å²) in [7, 11) is 0. The van der Waals surface area contributed by atoms with E-state index in [1.165, 1.54) is 11.3 Å². The van der Waals surface area contributed by atoms with Gasteiger partial charge in [0.2, 0.25) is 5.89 Å². The maximum Gasteiger partial charge on any atom is 0.349 e. The second-order valence-corrected chi connectivity index (χ2v) is 7.97. The molecule has 156 valence electrons. The van der Waals surface area contributed by atoms with Crippen LogP contribution in [0, 0.1) is 0 Å². The highest BCUT2D eigenvalue weighted by Crippen LogP contribution is 2.37. The van der Waals surface area contributed by atoms with Crippen LogP contribution in [-0.2, 0) is 4.74 Å². The van der Waals surface area contributed by atoms with Crippen LogP contribution in [0.1, 0.15) is 28.6 Å². The minimum absolute atomic E-state index is 0.246. The fourth-order valence-electron chi connectivity index (χ4n) is 3.16. The van der Waals surface area contributed by atoms with E-state index in [2.05, 4.69) is 10.2 Å².